The summed E-state index contributed by atoms with van der Waals surface area (Å²) in [6.45, 7) is 5.65. The molecule has 1 aliphatic heterocycles. The number of hydrogen-bond acceptors (Lipinski definition) is 3. The molecule has 1 heterocycles. The fourth-order valence-electron chi connectivity index (χ4n) is 2.31. The Morgan fingerprint density at radius 2 is 2.14 bits per heavy atom. The molecule has 0 aromatic heterocycles. The monoisotopic (exact) mass is 319 g/mol. The molecule has 0 amide bonds. The van der Waals surface area contributed by atoms with Crippen molar-refractivity contribution in [1.82, 2.24) is 5.32 Å². The van der Waals surface area contributed by atoms with Gasteiger partial charge >= 0.3 is 6.18 Å². The van der Waals surface area contributed by atoms with Crippen LogP contribution in [0.4, 0.5) is 13.2 Å². The van der Waals surface area contributed by atoms with Gasteiger partial charge in [-0.25, -0.2) is 0 Å². The summed E-state index contributed by atoms with van der Waals surface area (Å²) in [7, 11) is 0. The fourth-order valence-corrected chi connectivity index (χ4v) is 3.57. The predicted molar refractivity (Wildman–Crippen MR) is 78.5 cm³/mol. The molecular weight excluding hydrogens is 299 g/mol. The van der Waals surface area contributed by atoms with Crippen LogP contribution < -0.4 is 5.32 Å². The Labute approximate surface area is 127 Å². The Hall–Kier alpha value is -0.720. The van der Waals surface area contributed by atoms with Gasteiger partial charge in [0.05, 0.1) is 11.7 Å². The van der Waals surface area contributed by atoms with E-state index in [1.165, 1.54) is 17.8 Å². The number of benzene rings is 1. The molecule has 118 valence electrons. The summed E-state index contributed by atoms with van der Waals surface area (Å²) in [6, 6.07) is 4.61. The second-order valence-electron chi connectivity index (χ2n) is 5.13. The summed E-state index contributed by atoms with van der Waals surface area (Å²) in [4.78, 5) is 0.296. The number of hydrogen-bond donors (Lipinski definition) is 1. The first kappa shape index (κ1) is 16.6. The number of ether oxygens (including phenoxy) is 1. The van der Waals surface area contributed by atoms with Crippen LogP contribution in [0.15, 0.2) is 23.1 Å². The Morgan fingerprint density at radius 3 is 2.71 bits per heavy atom. The van der Waals surface area contributed by atoms with Gasteiger partial charge in [-0.1, -0.05) is 13.0 Å². The third kappa shape index (κ3) is 4.37. The molecule has 0 spiro atoms. The Bertz CT molecular complexity index is 478. The second-order valence-corrected chi connectivity index (χ2v) is 6.41. The lowest BCUT2D eigenvalue weighted by molar-refractivity contribution is -0.139. The topological polar surface area (TPSA) is 21.3 Å². The third-order valence-corrected chi connectivity index (χ3v) is 5.05. The van der Waals surface area contributed by atoms with Crippen molar-refractivity contribution in [3.05, 3.63) is 29.3 Å². The molecule has 1 aliphatic rings. The van der Waals surface area contributed by atoms with E-state index >= 15 is 0 Å². The van der Waals surface area contributed by atoms with Crippen molar-refractivity contribution in [2.45, 2.75) is 49.2 Å². The summed E-state index contributed by atoms with van der Waals surface area (Å²) in [5.74, 6) is 0. The summed E-state index contributed by atoms with van der Waals surface area (Å²) in [5.41, 5.74) is 0.117. The van der Waals surface area contributed by atoms with Crippen molar-refractivity contribution in [2.24, 2.45) is 0 Å². The van der Waals surface area contributed by atoms with Crippen molar-refractivity contribution in [1.29, 1.82) is 0 Å². The Morgan fingerprint density at radius 1 is 1.38 bits per heavy atom. The van der Waals surface area contributed by atoms with Crippen LogP contribution in [0.25, 0.3) is 0 Å². The van der Waals surface area contributed by atoms with Gasteiger partial charge in [0.25, 0.3) is 0 Å². The normalized spacial score (nSPS) is 22.7. The van der Waals surface area contributed by atoms with E-state index in [1.807, 2.05) is 13.8 Å². The molecule has 0 saturated carbocycles. The number of alkyl halides is 3. The summed E-state index contributed by atoms with van der Waals surface area (Å²) < 4.78 is 45.2. The standard InChI is InChI=1S/C15H20F3NOS/c1-3-19-9-11-4-5-14(12(8-11)15(16,17)18)21-13-6-7-20-10(13)2/h4-5,8,10,13,19H,3,6-7,9H2,1-2H3. The third-order valence-electron chi connectivity index (χ3n) is 3.51. The molecule has 2 rings (SSSR count). The minimum Gasteiger partial charge on any atom is -0.377 e. The molecule has 2 nitrogen and oxygen atoms in total. The summed E-state index contributed by atoms with van der Waals surface area (Å²) in [5, 5.41) is 3.14. The highest BCUT2D eigenvalue weighted by molar-refractivity contribution is 8.00. The Balaban J connectivity index is 2.22. The first-order valence-corrected chi connectivity index (χ1v) is 7.99. The van der Waals surface area contributed by atoms with E-state index in [-0.39, 0.29) is 11.4 Å². The van der Waals surface area contributed by atoms with Crippen LogP contribution in [-0.2, 0) is 17.5 Å². The molecule has 1 fully saturated rings. The molecule has 0 radical (unpaired) electrons. The van der Waals surface area contributed by atoms with Gasteiger partial charge in [-0.2, -0.15) is 13.2 Å². The fraction of sp³-hybridized carbons (Fsp3) is 0.600. The van der Waals surface area contributed by atoms with E-state index in [4.69, 9.17) is 4.74 Å². The molecule has 1 N–H and O–H groups in total. The zero-order valence-electron chi connectivity index (χ0n) is 12.2. The lowest BCUT2D eigenvalue weighted by atomic mass is 10.1. The van der Waals surface area contributed by atoms with Gasteiger partial charge in [0.1, 0.15) is 0 Å². The van der Waals surface area contributed by atoms with Gasteiger partial charge in [-0.15, -0.1) is 11.8 Å². The van der Waals surface area contributed by atoms with E-state index in [0.717, 1.165) is 13.0 Å². The number of thioether (sulfide) groups is 1. The molecule has 6 heteroatoms. The highest BCUT2D eigenvalue weighted by atomic mass is 32.2. The number of halogens is 3. The first-order chi connectivity index (χ1) is 9.91. The molecule has 21 heavy (non-hydrogen) atoms. The van der Waals surface area contributed by atoms with Crippen LogP contribution in [0.2, 0.25) is 0 Å². The van der Waals surface area contributed by atoms with Crippen molar-refractivity contribution in [3.8, 4) is 0 Å². The largest absolute Gasteiger partial charge is 0.417 e. The zero-order chi connectivity index (χ0) is 15.5. The van der Waals surface area contributed by atoms with Crippen LogP contribution in [0.5, 0.6) is 0 Å². The van der Waals surface area contributed by atoms with Crippen LogP contribution in [0, 0.1) is 0 Å². The van der Waals surface area contributed by atoms with Crippen LogP contribution in [-0.4, -0.2) is 24.5 Å². The average Bonchev–Trinajstić information content (AvgIpc) is 2.82. The average molecular weight is 319 g/mol. The highest BCUT2D eigenvalue weighted by Gasteiger charge is 2.35. The SMILES string of the molecule is CCNCc1ccc(SC2CCOC2C)c(C(F)(F)F)c1. The molecule has 2 atom stereocenters. The van der Waals surface area contributed by atoms with E-state index in [2.05, 4.69) is 5.32 Å². The van der Waals surface area contributed by atoms with Gasteiger partial charge in [-0.3, -0.25) is 0 Å². The van der Waals surface area contributed by atoms with Crippen molar-refractivity contribution in [2.75, 3.05) is 13.2 Å². The molecule has 0 bridgehead atoms. The number of rotatable bonds is 5. The minimum atomic E-state index is -4.33. The summed E-state index contributed by atoms with van der Waals surface area (Å²) in [6.07, 6.45) is -3.53. The predicted octanol–water partition coefficient (Wildman–Crippen LogP) is 4.08. The van der Waals surface area contributed by atoms with Gasteiger partial charge < -0.3 is 10.1 Å². The maximum Gasteiger partial charge on any atom is 0.417 e. The van der Waals surface area contributed by atoms with E-state index < -0.39 is 11.7 Å². The zero-order valence-corrected chi connectivity index (χ0v) is 13.0. The molecule has 1 saturated heterocycles. The molecular formula is C15H20F3NOS. The molecule has 1 aromatic rings. The van der Waals surface area contributed by atoms with Crippen molar-refractivity contribution in [3.63, 3.8) is 0 Å². The molecule has 1 aromatic carbocycles. The first-order valence-electron chi connectivity index (χ1n) is 7.11. The van der Waals surface area contributed by atoms with Crippen LogP contribution in [0.3, 0.4) is 0 Å². The molecule has 2 unspecified atom stereocenters. The quantitative estimate of drug-likeness (QED) is 0.883. The smallest absolute Gasteiger partial charge is 0.377 e. The summed E-state index contributed by atoms with van der Waals surface area (Å²) >= 11 is 1.28. The number of nitrogens with one attached hydrogen (secondary N) is 1. The van der Waals surface area contributed by atoms with Crippen molar-refractivity contribution >= 4 is 11.8 Å². The molecule has 0 aliphatic carbocycles. The maximum atomic E-state index is 13.3. The van der Waals surface area contributed by atoms with Crippen molar-refractivity contribution < 1.29 is 17.9 Å². The van der Waals surface area contributed by atoms with E-state index in [0.29, 0.717) is 23.6 Å². The minimum absolute atomic E-state index is 0.00230. The lowest BCUT2D eigenvalue weighted by Gasteiger charge is -2.18. The van der Waals surface area contributed by atoms with Crippen LogP contribution >= 0.6 is 11.8 Å². The second kappa shape index (κ2) is 7.03. The van der Waals surface area contributed by atoms with E-state index in [1.54, 1.807) is 12.1 Å². The van der Waals surface area contributed by atoms with Gasteiger partial charge in [0.15, 0.2) is 0 Å². The highest BCUT2D eigenvalue weighted by Crippen LogP contribution is 2.41. The van der Waals surface area contributed by atoms with Gasteiger partial charge in [-0.05, 0) is 37.6 Å². The maximum absolute atomic E-state index is 13.3. The van der Waals surface area contributed by atoms with Gasteiger partial charge in [0.2, 0.25) is 0 Å². The van der Waals surface area contributed by atoms with Gasteiger partial charge in [0, 0.05) is 23.3 Å². The lowest BCUT2D eigenvalue weighted by Crippen LogP contribution is -2.16. The Kier molecular flexibility index (Phi) is 5.57. The van der Waals surface area contributed by atoms with E-state index in [9.17, 15) is 13.2 Å². The van der Waals surface area contributed by atoms with Crippen LogP contribution in [0.1, 0.15) is 31.4 Å².